The zero-order valence-corrected chi connectivity index (χ0v) is 12.0. The Labute approximate surface area is 127 Å². The molecule has 0 radical (unpaired) electrons. The quantitative estimate of drug-likeness (QED) is 0.492. The van der Waals surface area contributed by atoms with Crippen molar-refractivity contribution >= 4 is 17.6 Å². The van der Waals surface area contributed by atoms with E-state index in [0.29, 0.717) is 17.8 Å². The molecule has 1 heterocycles. The number of aliphatic imine (C=N–C) groups is 1. The third-order valence-corrected chi connectivity index (χ3v) is 3.21. The Bertz CT molecular complexity index is 652. The maximum absolute atomic E-state index is 11.7. The Morgan fingerprint density at radius 2 is 2.23 bits per heavy atom. The molecule has 7 nitrogen and oxygen atoms in total. The van der Waals surface area contributed by atoms with Crippen LogP contribution in [0, 0.1) is 5.92 Å². The number of aromatic hydroxyl groups is 2. The number of urea groups is 1. The fourth-order valence-corrected chi connectivity index (χ4v) is 1.90. The molecule has 3 amide bonds. The molecule has 2 rings (SSSR count). The van der Waals surface area contributed by atoms with Crippen LogP contribution >= 0.6 is 0 Å². The first kappa shape index (κ1) is 15.6. The molecule has 0 bridgehead atoms. The molecule has 116 valence electrons. The fraction of sp³-hybridized carbons (Fsp3) is 0.267. The summed E-state index contributed by atoms with van der Waals surface area (Å²) < 4.78 is 0. The van der Waals surface area contributed by atoms with Crippen molar-refractivity contribution in [2.75, 3.05) is 6.54 Å². The number of hydrogen-bond acceptors (Lipinski definition) is 4. The molecule has 0 saturated carbocycles. The first-order valence-corrected chi connectivity index (χ1v) is 6.79. The van der Waals surface area contributed by atoms with E-state index < -0.39 is 6.03 Å². The predicted octanol–water partition coefficient (Wildman–Crippen LogP) is 1.07. The molecule has 0 aliphatic carbocycles. The van der Waals surface area contributed by atoms with Crippen LogP contribution in [-0.2, 0) is 11.3 Å². The van der Waals surface area contributed by atoms with E-state index in [2.05, 4.69) is 15.6 Å². The molecular weight excluding hydrogens is 286 g/mol. The Kier molecular flexibility index (Phi) is 4.77. The number of rotatable bonds is 4. The summed E-state index contributed by atoms with van der Waals surface area (Å²) in [6.45, 7) is 2.61. The van der Waals surface area contributed by atoms with Gasteiger partial charge in [-0.3, -0.25) is 4.79 Å². The van der Waals surface area contributed by atoms with E-state index in [9.17, 15) is 19.8 Å². The van der Waals surface area contributed by atoms with Crippen LogP contribution in [-0.4, -0.2) is 34.4 Å². The van der Waals surface area contributed by atoms with Crippen LogP contribution in [0.1, 0.15) is 12.5 Å². The van der Waals surface area contributed by atoms with Gasteiger partial charge in [-0.25, -0.2) is 4.79 Å². The molecule has 0 aromatic heterocycles. The van der Waals surface area contributed by atoms with Gasteiger partial charge < -0.3 is 20.8 Å². The van der Waals surface area contributed by atoms with Gasteiger partial charge in [0, 0.05) is 25.1 Å². The Balaban J connectivity index is 1.91. The number of carbonyl (C=O) groups is 2. The van der Waals surface area contributed by atoms with Crippen LogP contribution < -0.4 is 10.6 Å². The molecule has 0 saturated heterocycles. The molecule has 0 fully saturated rings. The normalized spacial score (nSPS) is 18.0. The highest BCUT2D eigenvalue weighted by Crippen LogP contribution is 2.24. The second-order valence-electron chi connectivity index (χ2n) is 5.00. The van der Waals surface area contributed by atoms with E-state index in [-0.39, 0.29) is 29.9 Å². The van der Waals surface area contributed by atoms with E-state index in [1.165, 1.54) is 24.3 Å². The van der Waals surface area contributed by atoms with Gasteiger partial charge in [-0.1, -0.05) is 13.0 Å². The largest absolute Gasteiger partial charge is 0.504 e. The number of nitrogens with zero attached hydrogens (tertiary/aromatic N) is 1. The highest BCUT2D eigenvalue weighted by atomic mass is 16.3. The number of amides is 3. The average molecular weight is 303 g/mol. The van der Waals surface area contributed by atoms with Crippen molar-refractivity contribution < 1.29 is 19.8 Å². The summed E-state index contributed by atoms with van der Waals surface area (Å²) in [5, 5.41) is 23.8. The van der Waals surface area contributed by atoms with Crippen molar-refractivity contribution in [2.24, 2.45) is 10.9 Å². The predicted molar refractivity (Wildman–Crippen MR) is 80.8 cm³/mol. The van der Waals surface area contributed by atoms with Gasteiger partial charge in [-0.15, -0.1) is 0 Å². The number of nitrogens with one attached hydrogen (secondary N) is 2. The van der Waals surface area contributed by atoms with Gasteiger partial charge in [0.1, 0.15) is 0 Å². The summed E-state index contributed by atoms with van der Waals surface area (Å²) in [4.78, 5) is 26.7. The molecule has 1 aromatic rings. The number of benzene rings is 1. The Morgan fingerprint density at radius 1 is 1.45 bits per heavy atom. The fourth-order valence-electron chi connectivity index (χ4n) is 1.90. The first-order valence-electron chi connectivity index (χ1n) is 6.79. The van der Waals surface area contributed by atoms with Crippen LogP contribution in [0.3, 0.4) is 0 Å². The second kappa shape index (κ2) is 6.75. The molecule has 1 unspecified atom stereocenters. The molecule has 1 aliphatic heterocycles. The third kappa shape index (κ3) is 4.08. The monoisotopic (exact) mass is 303 g/mol. The zero-order valence-electron chi connectivity index (χ0n) is 12.0. The summed E-state index contributed by atoms with van der Waals surface area (Å²) in [5.74, 6) is -0.736. The van der Waals surface area contributed by atoms with Gasteiger partial charge in [-0.2, -0.15) is 4.99 Å². The minimum Gasteiger partial charge on any atom is -0.504 e. The Hall–Kier alpha value is -2.83. The highest BCUT2D eigenvalue weighted by molar-refractivity contribution is 6.07. The zero-order chi connectivity index (χ0) is 16.1. The smallest absolute Gasteiger partial charge is 0.341 e. The van der Waals surface area contributed by atoms with E-state index >= 15 is 0 Å². The van der Waals surface area contributed by atoms with Crippen LogP contribution in [0.2, 0.25) is 0 Å². The maximum Gasteiger partial charge on any atom is 0.341 e. The lowest BCUT2D eigenvalue weighted by Gasteiger charge is -2.16. The minimum atomic E-state index is -0.405. The van der Waals surface area contributed by atoms with Crippen molar-refractivity contribution in [3.05, 3.63) is 35.9 Å². The van der Waals surface area contributed by atoms with Crippen molar-refractivity contribution in [1.29, 1.82) is 0 Å². The molecule has 7 heteroatoms. The Morgan fingerprint density at radius 3 is 2.95 bits per heavy atom. The lowest BCUT2D eigenvalue weighted by Crippen LogP contribution is -2.35. The molecule has 22 heavy (non-hydrogen) atoms. The molecule has 1 aromatic carbocycles. The van der Waals surface area contributed by atoms with Crippen LogP contribution in [0.15, 0.2) is 35.3 Å². The lowest BCUT2D eigenvalue weighted by molar-refractivity contribution is -0.116. The van der Waals surface area contributed by atoms with Gasteiger partial charge in [0.05, 0.1) is 5.71 Å². The third-order valence-electron chi connectivity index (χ3n) is 3.21. The molecule has 4 N–H and O–H groups in total. The van der Waals surface area contributed by atoms with Gasteiger partial charge >= 0.3 is 6.03 Å². The molecule has 0 spiro atoms. The summed E-state index contributed by atoms with van der Waals surface area (Å²) in [6.07, 6.45) is 2.83. The van der Waals surface area contributed by atoms with E-state index in [0.717, 1.165) is 0 Å². The van der Waals surface area contributed by atoms with Gasteiger partial charge in [0.25, 0.3) is 0 Å². The number of phenols is 2. The minimum absolute atomic E-state index is 0.0517. The average Bonchev–Trinajstić information content (AvgIpc) is 2.49. The first-order chi connectivity index (χ1) is 10.5. The summed E-state index contributed by atoms with van der Waals surface area (Å²) in [6, 6.07) is 3.91. The van der Waals surface area contributed by atoms with E-state index in [1.807, 2.05) is 6.92 Å². The lowest BCUT2D eigenvalue weighted by atomic mass is 10.0. The number of phenolic OH excluding ortho intramolecular Hbond substituents is 2. The number of hydrogen-bond donors (Lipinski definition) is 4. The summed E-state index contributed by atoms with van der Waals surface area (Å²) in [5.41, 5.74) is 1.21. The van der Waals surface area contributed by atoms with Crippen molar-refractivity contribution in [3.63, 3.8) is 0 Å². The highest BCUT2D eigenvalue weighted by Gasteiger charge is 2.16. The standard InChI is InChI=1S/C15H17N3O4/c1-9-7-17-15(22)18-11(9)3-5-14(21)16-8-10-2-4-12(19)13(20)6-10/h2-6,9,19-20H,7-8H2,1H3,(H,16,21)(H,17,22)/b5-3+. The molecular formula is C15H17N3O4. The second-order valence-corrected chi connectivity index (χ2v) is 5.00. The van der Waals surface area contributed by atoms with E-state index in [1.54, 1.807) is 6.07 Å². The molecule has 1 aliphatic rings. The van der Waals surface area contributed by atoms with E-state index in [4.69, 9.17) is 0 Å². The topological polar surface area (TPSA) is 111 Å². The van der Waals surface area contributed by atoms with Crippen LogP contribution in [0.4, 0.5) is 4.79 Å². The van der Waals surface area contributed by atoms with Crippen molar-refractivity contribution in [3.8, 4) is 11.5 Å². The maximum atomic E-state index is 11.7. The van der Waals surface area contributed by atoms with Gasteiger partial charge in [0.15, 0.2) is 11.5 Å². The van der Waals surface area contributed by atoms with Crippen molar-refractivity contribution in [2.45, 2.75) is 13.5 Å². The van der Waals surface area contributed by atoms with Crippen LogP contribution in [0.25, 0.3) is 0 Å². The number of allylic oxidation sites excluding steroid dienone is 1. The summed E-state index contributed by atoms with van der Waals surface area (Å²) in [7, 11) is 0. The molecule has 1 atom stereocenters. The van der Waals surface area contributed by atoms with Crippen LogP contribution in [0.5, 0.6) is 11.5 Å². The summed E-state index contributed by atoms with van der Waals surface area (Å²) >= 11 is 0. The SMILES string of the molecule is CC1CNC(=O)N=C1/C=C/C(=O)NCc1ccc(O)c(O)c1. The van der Waals surface area contributed by atoms with Gasteiger partial charge in [-0.05, 0) is 23.8 Å². The van der Waals surface area contributed by atoms with Gasteiger partial charge in [0.2, 0.25) is 5.91 Å². The van der Waals surface area contributed by atoms with Crippen molar-refractivity contribution in [1.82, 2.24) is 10.6 Å². The number of carbonyl (C=O) groups excluding carboxylic acids is 2.